The molecule has 0 aromatic heterocycles. The van der Waals surface area contributed by atoms with Crippen molar-refractivity contribution >= 4 is 63.9 Å². The molecule has 0 unspecified atom stereocenters. The number of para-hydroxylation sites is 2. The van der Waals surface area contributed by atoms with Crippen LogP contribution >= 0.6 is 47.0 Å². The van der Waals surface area contributed by atoms with E-state index in [2.05, 4.69) is 16.0 Å². The van der Waals surface area contributed by atoms with Gasteiger partial charge in [0.05, 0.1) is 12.8 Å². The molecule has 0 fully saturated rings. The van der Waals surface area contributed by atoms with Crippen molar-refractivity contribution in [3.63, 3.8) is 0 Å². The second-order valence-electron chi connectivity index (χ2n) is 5.48. The Bertz CT molecular complexity index is 803. The number of carbonyl (C=O) groups excluding carboxylic acids is 1. The number of alkyl halides is 3. The molecule has 0 radical (unpaired) electrons. The van der Waals surface area contributed by atoms with Crippen molar-refractivity contribution in [2.75, 3.05) is 12.4 Å². The van der Waals surface area contributed by atoms with Crippen LogP contribution in [0.25, 0.3) is 0 Å². The highest BCUT2D eigenvalue weighted by Gasteiger charge is 2.35. The molecule has 0 bridgehead atoms. The van der Waals surface area contributed by atoms with Crippen molar-refractivity contribution in [2.24, 2.45) is 0 Å². The van der Waals surface area contributed by atoms with E-state index in [1.54, 1.807) is 18.2 Å². The minimum atomic E-state index is -1.89. The maximum atomic E-state index is 12.1. The molecule has 3 N–H and O–H groups in total. The van der Waals surface area contributed by atoms with Gasteiger partial charge in [-0.1, -0.05) is 77.3 Å². The lowest BCUT2D eigenvalue weighted by Gasteiger charge is -2.27. The molecule has 6 nitrogen and oxygen atoms in total. The average molecular weight is 463 g/mol. The van der Waals surface area contributed by atoms with Gasteiger partial charge in [0, 0.05) is 0 Å². The molecule has 0 heterocycles. The largest absolute Gasteiger partial charge is 0.495 e. The van der Waals surface area contributed by atoms with Gasteiger partial charge in [-0.25, -0.2) is 4.79 Å². The standard InChI is InChI=1S/C18H18Cl3N3O3S/c1-26-14-10-6-5-9-13(14)22-16(28)23-15(18(19,20)21)24-17(25)27-11-12-7-3-2-4-8-12/h2-10,15H,11H2,1H3,(H,24,25)(H2,22,23,28)/t15-/m1/s1. The van der Waals surface area contributed by atoms with Crippen molar-refractivity contribution in [1.29, 1.82) is 0 Å². The molecule has 1 atom stereocenters. The van der Waals surface area contributed by atoms with Crippen molar-refractivity contribution < 1.29 is 14.3 Å². The van der Waals surface area contributed by atoms with E-state index in [9.17, 15) is 4.79 Å². The zero-order valence-corrected chi connectivity index (χ0v) is 17.8. The third kappa shape index (κ3) is 7.24. The summed E-state index contributed by atoms with van der Waals surface area (Å²) in [6.45, 7) is 0.0726. The second-order valence-corrected chi connectivity index (χ2v) is 8.26. The number of rotatable bonds is 6. The second kappa shape index (κ2) is 10.6. The predicted molar refractivity (Wildman–Crippen MR) is 116 cm³/mol. The summed E-state index contributed by atoms with van der Waals surface area (Å²) in [6, 6.07) is 16.3. The van der Waals surface area contributed by atoms with Gasteiger partial charge >= 0.3 is 6.09 Å². The van der Waals surface area contributed by atoms with Crippen LogP contribution in [0.3, 0.4) is 0 Å². The zero-order valence-electron chi connectivity index (χ0n) is 14.7. The molecule has 0 aliphatic rings. The van der Waals surface area contributed by atoms with E-state index in [0.717, 1.165) is 5.56 Å². The number of hydrogen-bond donors (Lipinski definition) is 3. The first-order chi connectivity index (χ1) is 13.3. The van der Waals surface area contributed by atoms with E-state index in [1.165, 1.54) is 7.11 Å². The number of alkyl carbamates (subject to hydrolysis) is 1. The number of methoxy groups -OCH3 is 1. The Morgan fingerprint density at radius 2 is 1.71 bits per heavy atom. The number of carbonyl (C=O) groups is 1. The normalized spacial score (nSPS) is 11.9. The van der Waals surface area contributed by atoms with Gasteiger partial charge in [0.25, 0.3) is 0 Å². The average Bonchev–Trinajstić information content (AvgIpc) is 2.66. The Labute approximate surface area is 183 Å². The summed E-state index contributed by atoms with van der Waals surface area (Å²) < 4.78 is 8.49. The summed E-state index contributed by atoms with van der Waals surface area (Å²) in [5, 5.41) is 8.23. The van der Waals surface area contributed by atoms with Gasteiger partial charge in [0.1, 0.15) is 12.4 Å². The molecule has 2 aromatic rings. The molecule has 0 aliphatic heterocycles. The van der Waals surface area contributed by atoms with Crippen molar-refractivity contribution in [3.8, 4) is 5.75 Å². The van der Waals surface area contributed by atoms with Gasteiger partial charge in [0.2, 0.25) is 3.79 Å². The number of thiocarbonyl (C=S) groups is 1. The van der Waals surface area contributed by atoms with E-state index in [-0.39, 0.29) is 11.7 Å². The Hall–Kier alpha value is -1.93. The van der Waals surface area contributed by atoms with Gasteiger partial charge in [-0.15, -0.1) is 0 Å². The molecule has 28 heavy (non-hydrogen) atoms. The lowest BCUT2D eigenvalue weighted by Crippen LogP contribution is -2.56. The summed E-state index contributed by atoms with van der Waals surface area (Å²) in [7, 11) is 1.53. The fraction of sp³-hybridized carbons (Fsp3) is 0.222. The molecule has 1 amide bonds. The monoisotopic (exact) mass is 461 g/mol. The first-order valence-corrected chi connectivity index (χ1v) is 9.58. The Balaban J connectivity index is 1.95. The van der Waals surface area contributed by atoms with Gasteiger partial charge in [-0.05, 0) is 29.9 Å². The van der Waals surface area contributed by atoms with Crippen molar-refractivity contribution in [2.45, 2.75) is 16.6 Å². The Morgan fingerprint density at radius 1 is 1.07 bits per heavy atom. The molecule has 150 valence electrons. The number of ether oxygens (including phenoxy) is 2. The fourth-order valence-electron chi connectivity index (χ4n) is 2.12. The molecule has 2 aromatic carbocycles. The summed E-state index contributed by atoms with van der Waals surface area (Å²) in [4.78, 5) is 12.1. The molecule has 2 rings (SSSR count). The minimum Gasteiger partial charge on any atom is -0.495 e. The molecule has 0 saturated carbocycles. The number of amides is 1. The van der Waals surface area contributed by atoms with E-state index in [4.69, 9.17) is 56.5 Å². The van der Waals surface area contributed by atoms with Crippen molar-refractivity contribution in [1.82, 2.24) is 10.6 Å². The van der Waals surface area contributed by atoms with Crippen LogP contribution in [0.2, 0.25) is 0 Å². The molecule has 0 spiro atoms. The van der Waals surface area contributed by atoms with Crippen LogP contribution in [-0.2, 0) is 11.3 Å². The summed E-state index contributed by atoms with van der Waals surface area (Å²) in [5.41, 5.74) is 1.43. The first kappa shape index (κ1) is 22.4. The molecular formula is C18H18Cl3N3O3S. The third-order valence-electron chi connectivity index (χ3n) is 3.43. The summed E-state index contributed by atoms with van der Waals surface area (Å²) in [5.74, 6) is 0.576. The van der Waals surface area contributed by atoms with Crippen LogP contribution in [0.1, 0.15) is 5.56 Å². The van der Waals surface area contributed by atoms with Crippen LogP contribution in [0, 0.1) is 0 Å². The fourth-order valence-corrected chi connectivity index (χ4v) is 2.67. The third-order valence-corrected chi connectivity index (χ3v) is 4.31. The predicted octanol–water partition coefficient (Wildman–Crippen LogP) is 4.60. The quantitative estimate of drug-likeness (QED) is 0.331. The highest BCUT2D eigenvalue weighted by molar-refractivity contribution is 7.80. The SMILES string of the molecule is COc1ccccc1NC(=S)N[C@H](NC(=O)OCc1ccccc1)C(Cl)(Cl)Cl. The maximum absolute atomic E-state index is 12.1. The maximum Gasteiger partial charge on any atom is 0.409 e. The first-order valence-electron chi connectivity index (χ1n) is 8.04. The van der Waals surface area contributed by atoms with E-state index >= 15 is 0 Å². The summed E-state index contributed by atoms with van der Waals surface area (Å²) in [6.07, 6.45) is -1.91. The topological polar surface area (TPSA) is 71.6 Å². The lowest BCUT2D eigenvalue weighted by atomic mass is 10.2. The van der Waals surface area contributed by atoms with Gasteiger partial charge in [0.15, 0.2) is 11.3 Å². The minimum absolute atomic E-state index is 0.0726. The van der Waals surface area contributed by atoms with E-state index in [0.29, 0.717) is 11.4 Å². The van der Waals surface area contributed by atoms with Crippen LogP contribution in [0.5, 0.6) is 5.75 Å². The van der Waals surface area contributed by atoms with Gasteiger partial charge in [-0.3, -0.25) is 5.32 Å². The Morgan fingerprint density at radius 3 is 2.36 bits per heavy atom. The lowest BCUT2D eigenvalue weighted by molar-refractivity contribution is 0.135. The summed E-state index contributed by atoms with van der Waals surface area (Å²) >= 11 is 23.1. The van der Waals surface area contributed by atoms with Crippen LogP contribution in [0.15, 0.2) is 54.6 Å². The van der Waals surface area contributed by atoms with Crippen LogP contribution < -0.4 is 20.7 Å². The highest BCUT2D eigenvalue weighted by atomic mass is 35.6. The van der Waals surface area contributed by atoms with Crippen LogP contribution in [0.4, 0.5) is 10.5 Å². The van der Waals surface area contributed by atoms with Gasteiger partial charge in [-0.2, -0.15) is 0 Å². The number of anilines is 1. The van der Waals surface area contributed by atoms with Crippen molar-refractivity contribution in [3.05, 3.63) is 60.2 Å². The number of nitrogens with one attached hydrogen (secondary N) is 3. The van der Waals surface area contributed by atoms with Crippen LogP contribution in [-0.4, -0.2) is 28.3 Å². The smallest absolute Gasteiger partial charge is 0.409 e. The molecule has 0 aliphatic carbocycles. The number of benzene rings is 2. The van der Waals surface area contributed by atoms with Gasteiger partial charge < -0.3 is 20.1 Å². The number of hydrogen-bond acceptors (Lipinski definition) is 4. The zero-order chi connectivity index (χ0) is 20.6. The van der Waals surface area contributed by atoms with E-state index < -0.39 is 16.1 Å². The molecular weight excluding hydrogens is 445 g/mol. The molecule has 10 heteroatoms. The highest BCUT2D eigenvalue weighted by Crippen LogP contribution is 2.29. The van der Waals surface area contributed by atoms with E-state index in [1.807, 2.05) is 36.4 Å². The molecule has 0 saturated heterocycles. The number of halogens is 3. The Kier molecular flexibility index (Phi) is 8.44.